The molecule has 1 aromatic carbocycles. The molecule has 1 saturated heterocycles. The van der Waals surface area contributed by atoms with Gasteiger partial charge in [0.05, 0.1) is 0 Å². The van der Waals surface area contributed by atoms with Crippen LogP contribution in [0.15, 0.2) is 24.3 Å². The van der Waals surface area contributed by atoms with Crippen LogP contribution in [-0.4, -0.2) is 35.0 Å². The second-order valence-electron chi connectivity index (χ2n) is 8.07. The van der Waals surface area contributed by atoms with Gasteiger partial charge < -0.3 is 15.7 Å². The fourth-order valence-corrected chi connectivity index (χ4v) is 4.56. The smallest absolute Gasteiger partial charge is 0.303 e. The van der Waals surface area contributed by atoms with Crippen molar-refractivity contribution >= 4 is 11.9 Å². The van der Waals surface area contributed by atoms with Gasteiger partial charge in [-0.25, -0.2) is 0 Å². The predicted molar refractivity (Wildman–Crippen MR) is 101 cm³/mol. The Morgan fingerprint density at radius 3 is 2.23 bits per heavy atom. The monoisotopic (exact) mass is 358 g/mol. The maximum absolute atomic E-state index is 12.7. The first-order chi connectivity index (χ1) is 12.5. The van der Waals surface area contributed by atoms with E-state index in [9.17, 15) is 9.59 Å². The molecule has 1 aliphatic heterocycles. The van der Waals surface area contributed by atoms with Crippen molar-refractivity contribution in [3.8, 4) is 0 Å². The van der Waals surface area contributed by atoms with Gasteiger partial charge >= 0.3 is 5.97 Å². The van der Waals surface area contributed by atoms with Crippen LogP contribution < -0.4 is 5.73 Å². The molecule has 0 bridgehead atoms. The van der Waals surface area contributed by atoms with Crippen LogP contribution in [0.1, 0.15) is 67.3 Å². The summed E-state index contributed by atoms with van der Waals surface area (Å²) < 4.78 is 0. The van der Waals surface area contributed by atoms with Crippen LogP contribution in [0.4, 0.5) is 0 Å². The van der Waals surface area contributed by atoms with E-state index in [-0.39, 0.29) is 5.91 Å². The molecule has 5 heteroatoms. The highest BCUT2D eigenvalue weighted by atomic mass is 16.4. The predicted octanol–water partition coefficient (Wildman–Crippen LogP) is 3.42. The fourth-order valence-electron chi connectivity index (χ4n) is 4.56. The van der Waals surface area contributed by atoms with Crippen LogP contribution in [0, 0.1) is 11.3 Å². The molecule has 0 atom stereocenters. The molecular formula is C21H30N2O3. The van der Waals surface area contributed by atoms with Crippen molar-refractivity contribution < 1.29 is 14.7 Å². The highest BCUT2D eigenvalue weighted by Gasteiger charge is 2.39. The van der Waals surface area contributed by atoms with Crippen molar-refractivity contribution in [2.75, 3.05) is 13.1 Å². The largest absolute Gasteiger partial charge is 0.481 e. The second kappa shape index (κ2) is 8.21. The number of hydrogen-bond donors (Lipinski definition) is 2. The van der Waals surface area contributed by atoms with E-state index in [2.05, 4.69) is 0 Å². The number of carbonyl (C=O) groups excluding carboxylic acids is 1. The lowest BCUT2D eigenvalue weighted by molar-refractivity contribution is -0.137. The van der Waals surface area contributed by atoms with Gasteiger partial charge in [0.1, 0.15) is 0 Å². The molecule has 1 spiro atoms. The van der Waals surface area contributed by atoms with E-state index >= 15 is 0 Å². The van der Waals surface area contributed by atoms with Crippen molar-refractivity contribution in [3.63, 3.8) is 0 Å². The van der Waals surface area contributed by atoms with Gasteiger partial charge in [0.25, 0.3) is 5.91 Å². The Balaban J connectivity index is 1.49. The van der Waals surface area contributed by atoms with E-state index < -0.39 is 5.97 Å². The standard InChI is InChI=1S/C21H30N2O3/c22-15-17-1-4-18(5-2-17)20(26)23-13-11-21(12-14-23)9-7-16(8-10-21)3-6-19(24)25/h1-2,4-5,16H,3,6-15,22H2,(H,24,25). The Hall–Kier alpha value is -1.88. The zero-order chi connectivity index (χ0) is 18.6. The Morgan fingerprint density at radius 1 is 1.08 bits per heavy atom. The zero-order valence-corrected chi connectivity index (χ0v) is 15.5. The number of nitrogens with two attached hydrogens (primary N) is 1. The van der Waals surface area contributed by atoms with Gasteiger partial charge in [-0.15, -0.1) is 0 Å². The van der Waals surface area contributed by atoms with E-state index in [0.717, 1.165) is 56.3 Å². The number of rotatable bonds is 5. The van der Waals surface area contributed by atoms with Crippen LogP contribution in [0.2, 0.25) is 0 Å². The number of hydrogen-bond acceptors (Lipinski definition) is 3. The lowest BCUT2D eigenvalue weighted by atomic mass is 9.65. The SMILES string of the molecule is NCc1ccc(C(=O)N2CCC3(CCC(CCC(=O)O)CC3)CC2)cc1. The first-order valence-corrected chi connectivity index (χ1v) is 9.81. The number of nitrogens with zero attached hydrogens (tertiary/aromatic N) is 1. The molecule has 1 amide bonds. The van der Waals surface area contributed by atoms with Gasteiger partial charge in [0.15, 0.2) is 0 Å². The van der Waals surface area contributed by atoms with Crippen LogP contribution in [0.3, 0.4) is 0 Å². The maximum atomic E-state index is 12.7. The average Bonchev–Trinajstić information content (AvgIpc) is 2.68. The first kappa shape index (κ1) is 18.9. The van der Waals surface area contributed by atoms with Gasteiger partial charge in [-0.2, -0.15) is 0 Å². The van der Waals surface area contributed by atoms with Crippen molar-refractivity contribution in [2.24, 2.45) is 17.1 Å². The van der Waals surface area contributed by atoms with Crippen molar-refractivity contribution in [1.82, 2.24) is 4.90 Å². The molecule has 2 aliphatic rings. The van der Waals surface area contributed by atoms with Gasteiger partial charge in [-0.3, -0.25) is 9.59 Å². The molecule has 1 heterocycles. The summed E-state index contributed by atoms with van der Waals surface area (Å²) in [6.07, 6.45) is 7.91. The highest BCUT2D eigenvalue weighted by molar-refractivity contribution is 5.94. The van der Waals surface area contributed by atoms with E-state index in [4.69, 9.17) is 10.8 Å². The minimum absolute atomic E-state index is 0.124. The van der Waals surface area contributed by atoms with E-state index in [1.807, 2.05) is 29.2 Å². The second-order valence-corrected chi connectivity index (χ2v) is 8.07. The molecule has 0 radical (unpaired) electrons. The molecule has 3 rings (SSSR count). The number of carbonyl (C=O) groups is 2. The highest BCUT2D eigenvalue weighted by Crippen LogP contribution is 2.47. The molecule has 5 nitrogen and oxygen atoms in total. The molecule has 2 fully saturated rings. The molecule has 142 valence electrons. The molecule has 0 aromatic heterocycles. The van der Waals surface area contributed by atoms with Crippen LogP contribution in [0.5, 0.6) is 0 Å². The van der Waals surface area contributed by atoms with E-state index in [1.54, 1.807) is 0 Å². The fraction of sp³-hybridized carbons (Fsp3) is 0.619. The number of amides is 1. The minimum atomic E-state index is -0.684. The van der Waals surface area contributed by atoms with Crippen molar-refractivity contribution in [2.45, 2.75) is 57.9 Å². The lowest BCUT2D eigenvalue weighted by Gasteiger charge is -2.46. The average molecular weight is 358 g/mol. The number of carboxylic acids is 1. The molecule has 1 aliphatic carbocycles. The van der Waals surface area contributed by atoms with Crippen LogP contribution in [0.25, 0.3) is 0 Å². The van der Waals surface area contributed by atoms with Gasteiger partial charge in [0, 0.05) is 31.6 Å². The van der Waals surface area contributed by atoms with Crippen molar-refractivity contribution in [3.05, 3.63) is 35.4 Å². The number of piperidine rings is 1. The molecule has 0 unspecified atom stereocenters. The van der Waals surface area contributed by atoms with Crippen molar-refractivity contribution in [1.29, 1.82) is 0 Å². The third-order valence-corrected chi connectivity index (χ3v) is 6.48. The van der Waals surface area contributed by atoms with Gasteiger partial charge in [-0.1, -0.05) is 12.1 Å². The van der Waals surface area contributed by atoms with Crippen LogP contribution in [-0.2, 0) is 11.3 Å². The number of benzene rings is 1. The van der Waals surface area contributed by atoms with Gasteiger partial charge in [-0.05, 0) is 74.0 Å². The Labute approximate surface area is 155 Å². The number of carboxylic acid groups (broad SMARTS) is 1. The summed E-state index contributed by atoms with van der Waals surface area (Å²) in [7, 11) is 0. The molecule has 1 aromatic rings. The molecular weight excluding hydrogens is 328 g/mol. The van der Waals surface area contributed by atoms with E-state index in [1.165, 1.54) is 12.8 Å². The summed E-state index contributed by atoms with van der Waals surface area (Å²) in [6.45, 7) is 2.16. The zero-order valence-electron chi connectivity index (χ0n) is 15.5. The topological polar surface area (TPSA) is 83.6 Å². The third-order valence-electron chi connectivity index (χ3n) is 6.48. The minimum Gasteiger partial charge on any atom is -0.481 e. The molecule has 1 saturated carbocycles. The summed E-state index contributed by atoms with van der Waals surface area (Å²) in [6, 6.07) is 7.61. The summed E-state index contributed by atoms with van der Waals surface area (Å²) >= 11 is 0. The summed E-state index contributed by atoms with van der Waals surface area (Å²) in [5.74, 6) is 0.00705. The first-order valence-electron chi connectivity index (χ1n) is 9.81. The summed E-state index contributed by atoms with van der Waals surface area (Å²) in [5.41, 5.74) is 7.78. The normalized spacial score (nSPS) is 20.3. The Bertz CT molecular complexity index is 623. The molecule has 26 heavy (non-hydrogen) atoms. The number of aliphatic carboxylic acids is 1. The Morgan fingerprint density at radius 2 is 1.69 bits per heavy atom. The lowest BCUT2D eigenvalue weighted by Crippen LogP contribution is -2.44. The Kier molecular flexibility index (Phi) is 5.97. The maximum Gasteiger partial charge on any atom is 0.303 e. The number of likely N-dealkylation sites (tertiary alicyclic amines) is 1. The van der Waals surface area contributed by atoms with Crippen LogP contribution >= 0.6 is 0 Å². The third kappa shape index (κ3) is 4.44. The van der Waals surface area contributed by atoms with E-state index in [0.29, 0.717) is 24.3 Å². The molecule has 3 N–H and O–H groups in total. The summed E-state index contributed by atoms with van der Waals surface area (Å²) in [5, 5.41) is 8.85. The quantitative estimate of drug-likeness (QED) is 0.845. The summed E-state index contributed by atoms with van der Waals surface area (Å²) in [4.78, 5) is 25.4. The van der Waals surface area contributed by atoms with Gasteiger partial charge in [0.2, 0.25) is 0 Å².